The number of aromatic amines is 1. The summed E-state index contributed by atoms with van der Waals surface area (Å²) in [5.41, 5.74) is 3.23. The number of carbonyl (C=O) groups is 1. The van der Waals surface area contributed by atoms with Gasteiger partial charge in [-0.15, -0.1) is 0 Å². The van der Waals surface area contributed by atoms with E-state index >= 15 is 0 Å². The summed E-state index contributed by atoms with van der Waals surface area (Å²) in [5, 5.41) is 0. The van der Waals surface area contributed by atoms with E-state index in [-0.39, 0.29) is 5.91 Å². The number of hydrogen-bond donors (Lipinski definition) is 3. The molecule has 1 amide bonds. The fourth-order valence-electron chi connectivity index (χ4n) is 5.37. The Morgan fingerprint density at radius 1 is 1.24 bits per heavy atom. The fraction of sp³-hybridized carbons (Fsp3) is 0.750. The Hall–Kier alpha value is -1.36. The van der Waals surface area contributed by atoms with Gasteiger partial charge in [0, 0.05) is 24.2 Å². The van der Waals surface area contributed by atoms with E-state index in [1.165, 1.54) is 37.9 Å². The van der Waals surface area contributed by atoms with Crippen molar-refractivity contribution in [3.8, 4) is 0 Å². The number of aryl methyl sites for hydroxylation is 1. The normalized spacial score (nSPS) is 36.9. The summed E-state index contributed by atoms with van der Waals surface area (Å²) in [6.45, 7) is 0. The van der Waals surface area contributed by atoms with Crippen molar-refractivity contribution in [2.45, 2.75) is 50.9 Å². The first-order chi connectivity index (χ1) is 10.2. The highest BCUT2D eigenvalue weighted by molar-refractivity contribution is 5.75. The van der Waals surface area contributed by atoms with Crippen LogP contribution in [0.1, 0.15) is 56.0 Å². The zero-order valence-electron chi connectivity index (χ0n) is 12.3. The second kappa shape index (κ2) is 5.13. The number of nitrogens with two attached hydrogens (primary N) is 1. The SMILES string of the molecule is NNC(=O)CCc1cnc(C2C3CC4CC(C3)CC2C4)[nH]1. The first-order valence-electron chi connectivity index (χ1n) is 8.26. The molecule has 4 fully saturated rings. The summed E-state index contributed by atoms with van der Waals surface area (Å²) >= 11 is 0. The van der Waals surface area contributed by atoms with Gasteiger partial charge in [0.1, 0.15) is 5.82 Å². The maximum Gasteiger partial charge on any atom is 0.234 e. The number of amides is 1. The second-order valence-electron chi connectivity index (χ2n) is 7.32. The molecule has 5 rings (SSSR count). The summed E-state index contributed by atoms with van der Waals surface area (Å²) in [5.74, 6) is 10.5. The number of hydrogen-bond acceptors (Lipinski definition) is 3. The lowest BCUT2D eigenvalue weighted by Gasteiger charge is -2.53. The molecule has 1 aromatic rings. The first-order valence-corrected chi connectivity index (χ1v) is 8.26. The van der Waals surface area contributed by atoms with Crippen LogP contribution in [0.2, 0.25) is 0 Å². The molecule has 0 aliphatic heterocycles. The Bertz CT molecular complexity index is 510. The summed E-state index contributed by atoms with van der Waals surface area (Å²) in [6.07, 6.45) is 10.1. The number of nitrogens with one attached hydrogen (secondary N) is 2. The Labute approximate surface area is 125 Å². The monoisotopic (exact) mass is 288 g/mol. The van der Waals surface area contributed by atoms with Gasteiger partial charge in [-0.25, -0.2) is 10.8 Å². The van der Waals surface area contributed by atoms with Crippen molar-refractivity contribution >= 4 is 5.91 Å². The standard InChI is InChI=1S/C16H24N4O/c17-20-14(21)2-1-13-8-18-16(19-13)15-11-4-9-3-10(6-11)7-12(15)5-9/h8-12,15H,1-7,17H2,(H,18,19)(H,20,21). The smallest absolute Gasteiger partial charge is 0.234 e. The predicted octanol–water partition coefficient (Wildman–Crippen LogP) is 1.87. The van der Waals surface area contributed by atoms with Gasteiger partial charge in [0.25, 0.3) is 0 Å². The molecule has 0 saturated heterocycles. The third-order valence-corrected chi connectivity index (χ3v) is 5.97. The Morgan fingerprint density at radius 2 is 1.90 bits per heavy atom. The second-order valence-corrected chi connectivity index (χ2v) is 7.32. The zero-order chi connectivity index (χ0) is 14.4. The van der Waals surface area contributed by atoms with Crippen LogP contribution in [-0.4, -0.2) is 15.9 Å². The third kappa shape index (κ3) is 2.37. The highest BCUT2D eigenvalue weighted by atomic mass is 16.2. The Morgan fingerprint density at radius 3 is 2.52 bits per heavy atom. The van der Waals surface area contributed by atoms with E-state index in [1.54, 1.807) is 0 Å². The maximum atomic E-state index is 11.2. The first kappa shape index (κ1) is 13.3. The molecular weight excluding hydrogens is 264 g/mol. The quantitative estimate of drug-likeness (QED) is 0.449. The maximum absolute atomic E-state index is 11.2. The molecule has 114 valence electrons. The van der Waals surface area contributed by atoms with Crippen molar-refractivity contribution in [3.05, 3.63) is 17.7 Å². The topological polar surface area (TPSA) is 83.8 Å². The van der Waals surface area contributed by atoms with Crippen molar-refractivity contribution in [1.82, 2.24) is 15.4 Å². The largest absolute Gasteiger partial charge is 0.346 e. The van der Waals surface area contributed by atoms with Crippen molar-refractivity contribution in [2.24, 2.45) is 29.5 Å². The molecule has 5 nitrogen and oxygen atoms in total. The summed E-state index contributed by atoms with van der Waals surface area (Å²) in [6, 6.07) is 0. The molecule has 0 atom stereocenters. The number of nitrogens with zero attached hydrogens (tertiary/aromatic N) is 1. The third-order valence-electron chi connectivity index (χ3n) is 5.97. The summed E-state index contributed by atoms with van der Waals surface area (Å²) < 4.78 is 0. The lowest BCUT2D eigenvalue weighted by atomic mass is 9.52. The van der Waals surface area contributed by atoms with Gasteiger partial charge in [-0.3, -0.25) is 10.2 Å². The average molecular weight is 288 g/mol. The molecule has 4 saturated carbocycles. The Kier molecular flexibility index (Phi) is 3.25. The fourth-order valence-corrected chi connectivity index (χ4v) is 5.37. The molecule has 4 N–H and O–H groups in total. The molecule has 4 bridgehead atoms. The number of carbonyl (C=O) groups excluding carboxylic acids is 1. The minimum absolute atomic E-state index is 0.124. The number of rotatable bonds is 4. The molecular formula is C16H24N4O. The van der Waals surface area contributed by atoms with Crippen molar-refractivity contribution < 1.29 is 4.79 Å². The van der Waals surface area contributed by atoms with E-state index < -0.39 is 0 Å². The van der Waals surface area contributed by atoms with Crippen molar-refractivity contribution in [3.63, 3.8) is 0 Å². The molecule has 0 aromatic carbocycles. The molecule has 0 unspecified atom stereocenters. The molecule has 1 aromatic heterocycles. The van der Waals surface area contributed by atoms with E-state index in [2.05, 4.69) is 15.4 Å². The molecule has 21 heavy (non-hydrogen) atoms. The van der Waals surface area contributed by atoms with Gasteiger partial charge in [0.2, 0.25) is 5.91 Å². The molecule has 4 aliphatic rings. The van der Waals surface area contributed by atoms with Gasteiger partial charge < -0.3 is 4.98 Å². The van der Waals surface area contributed by atoms with Crippen LogP contribution in [0.3, 0.4) is 0 Å². The summed E-state index contributed by atoms with van der Waals surface area (Å²) in [4.78, 5) is 19.4. The van der Waals surface area contributed by atoms with Crippen molar-refractivity contribution in [1.29, 1.82) is 0 Å². The summed E-state index contributed by atoms with van der Waals surface area (Å²) in [7, 11) is 0. The van der Waals surface area contributed by atoms with Gasteiger partial charge in [0.05, 0.1) is 0 Å². The van der Waals surface area contributed by atoms with Gasteiger partial charge in [0.15, 0.2) is 0 Å². The van der Waals surface area contributed by atoms with Crippen LogP contribution < -0.4 is 11.3 Å². The van der Waals surface area contributed by atoms with E-state index in [1.807, 2.05) is 6.20 Å². The molecule has 0 radical (unpaired) electrons. The van der Waals surface area contributed by atoms with E-state index in [4.69, 9.17) is 5.84 Å². The van der Waals surface area contributed by atoms with Crippen LogP contribution in [0, 0.1) is 23.7 Å². The van der Waals surface area contributed by atoms with Crippen LogP contribution in [0.4, 0.5) is 0 Å². The predicted molar refractivity (Wildman–Crippen MR) is 79.0 cm³/mol. The number of aromatic nitrogens is 2. The van der Waals surface area contributed by atoms with E-state index in [9.17, 15) is 4.79 Å². The van der Waals surface area contributed by atoms with Crippen LogP contribution in [0.15, 0.2) is 6.20 Å². The highest BCUT2D eigenvalue weighted by Crippen LogP contribution is 2.59. The lowest BCUT2D eigenvalue weighted by Crippen LogP contribution is -2.44. The van der Waals surface area contributed by atoms with Gasteiger partial charge >= 0.3 is 0 Å². The Balaban J connectivity index is 1.47. The van der Waals surface area contributed by atoms with Crippen molar-refractivity contribution in [2.75, 3.05) is 0 Å². The number of imidazole rings is 1. The lowest BCUT2D eigenvalue weighted by molar-refractivity contribution is -0.121. The minimum Gasteiger partial charge on any atom is -0.346 e. The van der Waals surface area contributed by atoms with Gasteiger partial charge in [-0.1, -0.05) is 0 Å². The molecule has 0 spiro atoms. The highest BCUT2D eigenvalue weighted by Gasteiger charge is 2.49. The van der Waals surface area contributed by atoms with Crippen LogP contribution in [0.25, 0.3) is 0 Å². The van der Waals surface area contributed by atoms with Gasteiger partial charge in [-0.05, 0) is 62.2 Å². The van der Waals surface area contributed by atoms with E-state index in [0.29, 0.717) is 18.8 Å². The van der Waals surface area contributed by atoms with Gasteiger partial charge in [-0.2, -0.15) is 0 Å². The number of hydrazine groups is 1. The average Bonchev–Trinajstić information content (AvgIpc) is 2.92. The molecule has 4 aliphatic carbocycles. The zero-order valence-corrected chi connectivity index (χ0v) is 12.3. The van der Waals surface area contributed by atoms with Crippen LogP contribution >= 0.6 is 0 Å². The molecule has 5 heteroatoms. The van der Waals surface area contributed by atoms with Crippen LogP contribution in [-0.2, 0) is 11.2 Å². The molecule has 1 heterocycles. The van der Waals surface area contributed by atoms with Crippen LogP contribution in [0.5, 0.6) is 0 Å². The van der Waals surface area contributed by atoms with E-state index in [0.717, 1.165) is 29.4 Å². The number of H-pyrrole nitrogens is 1. The minimum atomic E-state index is -0.124.